The van der Waals surface area contributed by atoms with Gasteiger partial charge >= 0.3 is 0 Å². The quantitative estimate of drug-likeness (QED) is 0.502. The lowest BCUT2D eigenvalue weighted by Gasteiger charge is -2.15. The molecule has 0 N–H and O–H groups in total. The molecule has 0 aromatic heterocycles. The van der Waals surface area contributed by atoms with E-state index in [-0.39, 0.29) is 6.61 Å². The van der Waals surface area contributed by atoms with Gasteiger partial charge in [-0.25, -0.2) is 8.42 Å². The summed E-state index contributed by atoms with van der Waals surface area (Å²) in [6.45, 7) is 0.229. The van der Waals surface area contributed by atoms with Gasteiger partial charge in [0.1, 0.15) is 0 Å². The standard InChI is InChI=1S/C9H11NO3S3/c11-16(12)13-5-6-15-10-7-14-9-4-2-1-3-8(9)10/h1-4,16H,5-7H2. The molecule has 0 radical (unpaired) electrons. The van der Waals surface area contributed by atoms with E-state index >= 15 is 0 Å². The number of thioether (sulfide) groups is 1. The van der Waals surface area contributed by atoms with Crippen molar-refractivity contribution in [3.05, 3.63) is 24.3 Å². The SMILES string of the molecule is O=[SH](=O)OCCSN1CSc2ccccc21. The molecule has 1 aromatic rings. The molecule has 88 valence electrons. The Bertz CT molecular complexity index is 428. The van der Waals surface area contributed by atoms with Gasteiger partial charge in [0.15, 0.2) is 0 Å². The van der Waals surface area contributed by atoms with Gasteiger partial charge in [-0.05, 0) is 24.1 Å². The Hall–Kier alpha value is -0.370. The van der Waals surface area contributed by atoms with Crippen LogP contribution in [0.2, 0.25) is 0 Å². The largest absolute Gasteiger partial charge is 0.305 e. The maximum absolute atomic E-state index is 10.2. The molecule has 7 heteroatoms. The maximum atomic E-state index is 10.2. The second kappa shape index (κ2) is 5.81. The topological polar surface area (TPSA) is 46.6 Å². The zero-order chi connectivity index (χ0) is 11.4. The third kappa shape index (κ3) is 3.07. The van der Waals surface area contributed by atoms with E-state index in [9.17, 15) is 8.42 Å². The van der Waals surface area contributed by atoms with Gasteiger partial charge in [-0.1, -0.05) is 12.1 Å². The first-order valence-corrected chi connectivity index (χ1v) is 7.69. The second-order valence-corrected chi connectivity index (χ2v) is 5.81. The Balaban J connectivity index is 1.84. The van der Waals surface area contributed by atoms with E-state index in [0.29, 0.717) is 5.75 Å². The minimum Gasteiger partial charge on any atom is -0.305 e. The van der Waals surface area contributed by atoms with Gasteiger partial charge in [-0.15, -0.1) is 11.8 Å². The van der Waals surface area contributed by atoms with Crippen molar-refractivity contribution in [2.45, 2.75) is 4.90 Å². The van der Waals surface area contributed by atoms with Crippen LogP contribution in [0.1, 0.15) is 0 Å². The predicted molar refractivity (Wildman–Crippen MR) is 68.4 cm³/mol. The number of thiol groups is 1. The summed E-state index contributed by atoms with van der Waals surface area (Å²) in [5.74, 6) is 1.53. The second-order valence-electron chi connectivity index (χ2n) is 3.01. The fourth-order valence-electron chi connectivity index (χ4n) is 1.35. The van der Waals surface area contributed by atoms with Crippen molar-refractivity contribution < 1.29 is 12.6 Å². The molecule has 1 aromatic carbocycles. The highest BCUT2D eigenvalue weighted by molar-refractivity contribution is 8.04. The van der Waals surface area contributed by atoms with Crippen molar-refractivity contribution in [2.24, 2.45) is 0 Å². The molecule has 1 aliphatic rings. The summed E-state index contributed by atoms with van der Waals surface area (Å²) in [4.78, 5) is 1.27. The number of para-hydroxylation sites is 1. The van der Waals surface area contributed by atoms with Crippen LogP contribution in [0.15, 0.2) is 29.2 Å². The van der Waals surface area contributed by atoms with E-state index in [2.05, 4.69) is 20.6 Å². The molecule has 0 spiro atoms. The average molecular weight is 277 g/mol. The minimum atomic E-state index is -2.71. The highest BCUT2D eigenvalue weighted by Gasteiger charge is 2.18. The van der Waals surface area contributed by atoms with Crippen LogP contribution < -0.4 is 4.31 Å². The predicted octanol–water partition coefficient (Wildman–Crippen LogP) is 1.75. The van der Waals surface area contributed by atoms with Crippen molar-refractivity contribution in [1.29, 1.82) is 0 Å². The molecular formula is C9H11NO3S3. The molecule has 0 fully saturated rings. The van der Waals surface area contributed by atoms with Crippen molar-refractivity contribution >= 4 is 40.4 Å². The smallest absolute Gasteiger partial charge is 0.257 e. The van der Waals surface area contributed by atoms with Crippen LogP contribution in [-0.4, -0.2) is 26.7 Å². The first-order chi connectivity index (χ1) is 7.77. The zero-order valence-electron chi connectivity index (χ0n) is 8.37. The Labute approximate surface area is 105 Å². The van der Waals surface area contributed by atoms with Crippen molar-refractivity contribution in [2.75, 3.05) is 22.5 Å². The van der Waals surface area contributed by atoms with Gasteiger partial charge in [-0.2, -0.15) is 0 Å². The van der Waals surface area contributed by atoms with Crippen LogP contribution in [0.25, 0.3) is 0 Å². The van der Waals surface area contributed by atoms with Gasteiger partial charge in [-0.3, -0.25) is 4.18 Å². The molecule has 16 heavy (non-hydrogen) atoms. The van der Waals surface area contributed by atoms with Crippen molar-refractivity contribution in [3.63, 3.8) is 0 Å². The Morgan fingerprint density at radius 3 is 3.06 bits per heavy atom. The van der Waals surface area contributed by atoms with Crippen molar-refractivity contribution in [1.82, 2.24) is 0 Å². The van der Waals surface area contributed by atoms with E-state index in [1.807, 2.05) is 12.1 Å². The number of hydrogen-bond donors (Lipinski definition) is 1. The van der Waals surface area contributed by atoms with E-state index in [1.165, 1.54) is 10.6 Å². The van der Waals surface area contributed by atoms with Crippen LogP contribution >= 0.6 is 23.7 Å². The van der Waals surface area contributed by atoms with E-state index in [1.54, 1.807) is 23.7 Å². The molecule has 0 bridgehead atoms. The normalized spacial score (nSPS) is 14.4. The van der Waals surface area contributed by atoms with Gasteiger partial charge in [0.25, 0.3) is 11.0 Å². The lowest BCUT2D eigenvalue weighted by atomic mass is 10.3. The van der Waals surface area contributed by atoms with Gasteiger partial charge < -0.3 is 4.31 Å². The number of fused-ring (bicyclic) bond motifs is 1. The van der Waals surface area contributed by atoms with Crippen LogP contribution in [0, 0.1) is 0 Å². The Kier molecular flexibility index (Phi) is 4.39. The fourth-order valence-corrected chi connectivity index (χ4v) is 3.80. The number of anilines is 1. The van der Waals surface area contributed by atoms with Crippen LogP contribution in [0.4, 0.5) is 5.69 Å². The molecular weight excluding hydrogens is 266 g/mol. The van der Waals surface area contributed by atoms with Crippen LogP contribution in [0.3, 0.4) is 0 Å². The summed E-state index contributed by atoms with van der Waals surface area (Å²) in [7, 11) is -2.71. The molecule has 1 heterocycles. The van der Waals surface area contributed by atoms with Crippen LogP contribution in [-0.2, 0) is 15.2 Å². The molecule has 0 saturated heterocycles. The molecule has 0 aliphatic carbocycles. The number of nitrogens with zero attached hydrogens (tertiary/aromatic N) is 1. The number of benzene rings is 1. The Morgan fingerprint density at radius 2 is 2.25 bits per heavy atom. The first-order valence-electron chi connectivity index (χ1n) is 4.67. The van der Waals surface area contributed by atoms with Crippen molar-refractivity contribution in [3.8, 4) is 0 Å². The summed E-state index contributed by atoms with van der Waals surface area (Å²) in [5.41, 5.74) is 1.20. The van der Waals surface area contributed by atoms with E-state index in [4.69, 9.17) is 0 Å². The minimum absolute atomic E-state index is 0.229. The number of hydrogen-bond acceptors (Lipinski definition) is 6. The summed E-state index contributed by atoms with van der Waals surface area (Å²) in [5, 5.41) is 0. The molecule has 1 aliphatic heterocycles. The third-order valence-electron chi connectivity index (χ3n) is 2.00. The lowest BCUT2D eigenvalue weighted by Crippen LogP contribution is -2.11. The zero-order valence-corrected chi connectivity index (χ0v) is 10.9. The molecule has 0 saturated carbocycles. The fraction of sp³-hybridized carbons (Fsp3) is 0.333. The highest BCUT2D eigenvalue weighted by Crippen LogP contribution is 2.41. The molecule has 4 nitrogen and oxygen atoms in total. The van der Waals surface area contributed by atoms with Gasteiger partial charge in [0.2, 0.25) is 0 Å². The monoisotopic (exact) mass is 277 g/mol. The highest BCUT2D eigenvalue weighted by atomic mass is 32.2. The molecule has 0 unspecified atom stereocenters. The van der Waals surface area contributed by atoms with E-state index in [0.717, 1.165) is 5.88 Å². The molecule has 0 amide bonds. The maximum Gasteiger partial charge on any atom is 0.257 e. The summed E-state index contributed by atoms with van der Waals surface area (Å²) < 4.78 is 27.0. The summed E-state index contributed by atoms with van der Waals surface area (Å²) in [6.07, 6.45) is 0. The average Bonchev–Trinajstić information content (AvgIpc) is 2.68. The first kappa shape index (κ1) is 12.1. The van der Waals surface area contributed by atoms with Gasteiger partial charge in [0, 0.05) is 10.6 Å². The van der Waals surface area contributed by atoms with Crippen LogP contribution in [0.5, 0.6) is 0 Å². The number of rotatable bonds is 5. The van der Waals surface area contributed by atoms with Gasteiger partial charge in [0.05, 0.1) is 18.2 Å². The summed E-state index contributed by atoms with van der Waals surface area (Å²) in [6, 6.07) is 8.18. The Morgan fingerprint density at radius 1 is 1.44 bits per heavy atom. The third-order valence-corrected chi connectivity index (χ3v) is 4.59. The lowest BCUT2D eigenvalue weighted by molar-refractivity contribution is 0.358. The van der Waals surface area contributed by atoms with E-state index < -0.39 is 11.0 Å². The summed E-state index contributed by atoms with van der Waals surface area (Å²) >= 11 is 3.37. The molecule has 2 rings (SSSR count). The molecule has 0 atom stereocenters.